The molecule has 0 spiro atoms. The predicted molar refractivity (Wildman–Crippen MR) is 77.3 cm³/mol. The van der Waals surface area contributed by atoms with Gasteiger partial charge in [0.05, 0.1) is 7.11 Å². The maximum Gasteiger partial charge on any atom is 0.327 e. The van der Waals surface area contributed by atoms with Gasteiger partial charge in [0.1, 0.15) is 5.54 Å². The molecule has 2 N–H and O–H groups in total. The Morgan fingerprint density at radius 1 is 1.35 bits per heavy atom. The molecule has 3 aliphatic rings. The van der Waals surface area contributed by atoms with Crippen molar-refractivity contribution in [2.24, 2.45) is 11.7 Å². The van der Waals surface area contributed by atoms with Gasteiger partial charge in [0.2, 0.25) is 0 Å². The molecule has 0 radical (unpaired) electrons. The Balaban J connectivity index is 1.70. The summed E-state index contributed by atoms with van der Waals surface area (Å²) in [4.78, 5) is 17.1. The quantitative estimate of drug-likeness (QED) is 0.758. The molecule has 3 atom stereocenters. The van der Waals surface area contributed by atoms with Crippen LogP contribution < -0.4 is 5.73 Å². The Kier molecular flexibility index (Phi) is 3.77. The number of nitrogens with zero attached hydrogens (tertiary/aromatic N) is 2. The van der Waals surface area contributed by atoms with Crippen LogP contribution >= 0.6 is 0 Å². The lowest BCUT2D eigenvalue weighted by molar-refractivity contribution is -0.149. The van der Waals surface area contributed by atoms with Crippen molar-refractivity contribution >= 4 is 5.97 Å². The second kappa shape index (κ2) is 5.28. The summed E-state index contributed by atoms with van der Waals surface area (Å²) in [6.07, 6.45) is 4.70. The van der Waals surface area contributed by atoms with E-state index in [2.05, 4.69) is 16.7 Å². The largest absolute Gasteiger partial charge is 0.468 e. The number of fused-ring (bicyclic) bond motifs is 1. The van der Waals surface area contributed by atoms with Crippen molar-refractivity contribution < 1.29 is 9.53 Å². The lowest BCUT2D eigenvalue weighted by Gasteiger charge is -2.45. The summed E-state index contributed by atoms with van der Waals surface area (Å²) in [5.41, 5.74) is 5.66. The van der Waals surface area contributed by atoms with Gasteiger partial charge >= 0.3 is 5.97 Å². The molecule has 2 heterocycles. The average molecular weight is 281 g/mol. The van der Waals surface area contributed by atoms with Gasteiger partial charge in [0, 0.05) is 31.7 Å². The maximum atomic E-state index is 12.1. The highest BCUT2D eigenvalue weighted by atomic mass is 16.5. The van der Waals surface area contributed by atoms with Crippen LogP contribution in [0.1, 0.15) is 32.6 Å². The highest BCUT2D eigenvalue weighted by molar-refractivity contribution is 5.81. The first kappa shape index (κ1) is 14.3. The third-order valence-electron chi connectivity index (χ3n) is 5.40. The number of carbonyl (C=O) groups is 1. The van der Waals surface area contributed by atoms with Crippen molar-refractivity contribution in [2.45, 2.75) is 50.2 Å². The molecule has 114 valence electrons. The van der Waals surface area contributed by atoms with E-state index < -0.39 is 5.54 Å². The van der Waals surface area contributed by atoms with Gasteiger partial charge in [0.25, 0.3) is 0 Å². The zero-order chi connectivity index (χ0) is 14.3. The van der Waals surface area contributed by atoms with E-state index in [1.54, 1.807) is 0 Å². The van der Waals surface area contributed by atoms with Crippen molar-refractivity contribution in [1.29, 1.82) is 0 Å². The van der Waals surface area contributed by atoms with Crippen molar-refractivity contribution in [2.75, 3.05) is 33.3 Å². The molecule has 2 aliphatic heterocycles. The SMILES string of the molecule is COC(=O)C(N)(CN1CC2CCCN2CC1C)C1CC1. The van der Waals surface area contributed by atoms with Gasteiger partial charge in [-0.25, -0.2) is 0 Å². The molecule has 1 aliphatic carbocycles. The topological polar surface area (TPSA) is 58.8 Å². The molecule has 3 fully saturated rings. The summed E-state index contributed by atoms with van der Waals surface area (Å²) in [6.45, 7) is 6.28. The third-order valence-corrected chi connectivity index (χ3v) is 5.40. The van der Waals surface area contributed by atoms with Gasteiger partial charge in [0.15, 0.2) is 0 Å². The normalized spacial score (nSPS) is 34.5. The molecule has 0 bridgehead atoms. The van der Waals surface area contributed by atoms with Gasteiger partial charge in [-0.05, 0) is 45.1 Å². The summed E-state index contributed by atoms with van der Waals surface area (Å²) in [5, 5.41) is 0. The lowest BCUT2D eigenvalue weighted by atomic mass is 9.92. The highest BCUT2D eigenvalue weighted by Gasteiger charge is 2.51. The zero-order valence-electron chi connectivity index (χ0n) is 12.7. The summed E-state index contributed by atoms with van der Waals surface area (Å²) in [5.74, 6) is 0.0739. The smallest absolute Gasteiger partial charge is 0.327 e. The van der Waals surface area contributed by atoms with Crippen molar-refractivity contribution in [3.8, 4) is 0 Å². The third kappa shape index (κ3) is 2.47. The molecule has 2 saturated heterocycles. The van der Waals surface area contributed by atoms with E-state index in [0.29, 0.717) is 24.5 Å². The van der Waals surface area contributed by atoms with Crippen molar-refractivity contribution in [3.63, 3.8) is 0 Å². The second-order valence-corrected chi connectivity index (χ2v) is 6.88. The molecule has 3 unspecified atom stereocenters. The number of hydrogen-bond donors (Lipinski definition) is 1. The van der Waals surface area contributed by atoms with E-state index >= 15 is 0 Å². The summed E-state index contributed by atoms with van der Waals surface area (Å²) >= 11 is 0. The van der Waals surface area contributed by atoms with Crippen molar-refractivity contribution in [3.05, 3.63) is 0 Å². The number of hydrogen-bond acceptors (Lipinski definition) is 5. The van der Waals surface area contributed by atoms with Crippen LogP contribution in [0.2, 0.25) is 0 Å². The van der Waals surface area contributed by atoms with Crippen LogP contribution in [0, 0.1) is 5.92 Å². The monoisotopic (exact) mass is 281 g/mol. The fourth-order valence-corrected chi connectivity index (χ4v) is 3.95. The average Bonchev–Trinajstić information content (AvgIpc) is 3.20. The second-order valence-electron chi connectivity index (χ2n) is 6.88. The van der Waals surface area contributed by atoms with Crippen LogP contribution in [0.15, 0.2) is 0 Å². The Hall–Kier alpha value is -0.650. The predicted octanol–water partition coefficient (Wildman–Crippen LogP) is 0.435. The van der Waals surface area contributed by atoms with Crippen LogP contribution in [-0.2, 0) is 9.53 Å². The first-order valence-corrected chi connectivity index (χ1v) is 7.90. The first-order chi connectivity index (χ1) is 9.54. The van der Waals surface area contributed by atoms with Gasteiger partial charge in [-0.15, -0.1) is 0 Å². The number of ether oxygens (including phenoxy) is 1. The minimum Gasteiger partial charge on any atom is -0.468 e. The standard InChI is InChI=1S/C15H27N3O2/c1-11-8-17-7-3-4-13(17)9-18(11)10-15(16,12-5-6-12)14(19)20-2/h11-13H,3-10,16H2,1-2H3. The molecule has 3 rings (SSSR count). The molecule has 5 heteroatoms. The molecule has 20 heavy (non-hydrogen) atoms. The molecule has 0 aromatic carbocycles. The van der Waals surface area contributed by atoms with E-state index in [9.17, 15) is 4.79 Å². The summed E-state index contributed by atoms with van der Waals surface area (Å²) in [7, 11) is 1.45. The molecule has 0 amide bonds. The summed E-state index contributed by atoms with van der Waals surface area (Å²) < 4.78 is 4.98. The summed E-state index contributed by atoms with van der Waals surface area (Å²) in [6, 6.07) is 1.13. The van der Waals surface area contributed by atoms with Crippen LogP contribution in [0.5, 0.6) is 0 Å². The van der Waals surface area contributed by atoms with Gasteiger partial charge in [-0.1, -0.05) is 0 Å². The fraction of sp³-hybridized carbons (Fsp3) is 0.933. The van der Waals surface area contributed by atoms with Crippen LogP contribution in [-0.4, -0.2) is 66.7 Å². The number of esters is 1. The number of rotatable bonds is 4. The molecule has 1 saturated carbocycles. The molecule has 0 aromatic rings. The fourth-order valence-electron chi connectivity index (χ4n) is 3.95. The van der Waals surface area contributed by atoms with Gasteiger partial charge < -0.3 is 10.5 Å². The minimum atomic E-state index is -0.802. The Labute approximate surface area is 121 Å². The first-order valence-electron chi connectivity index (χ1n) is 7.90. The van der Waals surface area contributed by atoms with E-state index in [-0.39, 0.29) is 5.97 Å². The number of methoxy groups -OCH3 is 1. The molecular weight excluding hydrogens is 254 g/mol. The molecular formula is C15H27N3O2. The number of nitrogens with two attached hydrogens (primary N) is 1. The van der Waals surface area contributed by atoms with Gasteiger partial charge in [-0.3, -0.25) is 14.6 Å². The van der Waals surface area contributed by atoms with Crippen LogP contribution in [0.3, 0.4) is 0 Å². The van der Waals surface area contributed by atoms with E-state index in [0.717, 1.165) is 25.9 Å². The molecule has 5 nitrogen and oxygen atoms in total. The van der Waals surface area contributed by atoms with Gasteiger partial charge in [-0.2, -0.15) is 0 Å². The Bertz CT molecular complexity index is 385. The Morgan fingerprint density at radius 3 is 2.75 bits per heavy atom. The number of piperazine rings is 1. The minimum absolute atomic E-state index is 0.235. The zero-order valence-corrected chi connectivity index (χ0v) is 12.7. The highest BCUT2D eigenvalue weighted by Crippen LogP contribution is 2.40. The van der Waals surface area contributed by atoms with Crippen LogP contribution in [0.25, 0.3) is 0 Å². The van der Waals surface area contributed by atoms with E-state index in [1.165, 1.54) is 26.5 Å². The molecule has 0 aromatic heterocycles. The number of carbonyl (C=O) groups excluding carboxylic acids is 1. The Morgan fingerprint density at radius 2 is 2.10 bits per heavy atom. The lowest BCUT2D eigenvalue weighted by Crippen LogP contribution is -2.64. The van der Waals surface area contributed by atoms with E-state index in [4.69, 9.17) is 10.5 Å². The van der Waals surface area contributed by atoms with Crippen molar-refractivity contribution in [1.82, 2.24) is 9.80 Å². The maximum absolute atomic E-state index is 12.1. The van der Waals surface area contributed by atoms with E-state index in [1.807, 2.05) is 0 Å². The van der Waals surface area contributed by atoms with Crippen LogP contribution in [0.4, 0.5) is 0 Å².